The van der Waals surface area contributed by atoms with Crippen molar-refractivity contribution >= 4 is 12.8 Å². The molecule has 0 bridgehead atoms. The van der Waals surface area contributed by atoms with E-state index in [4.69, 9.17) is 0 Å². The number of hydrogen-bond acceptors (Lipinski definition) is 2. The monoisotopic (exact) mass is 143 g/mol. The Balaban J connectivity index is 2.00. The van der Waals surface area contributed by atoms with E-state index in [2.05, 4.69) is 24.0 Å². The SMILES string of the molecule is CC1CC2CN(S)CC12. The van der Waals surface area contributed by atoms with Crippen molar-refractivity contribution < 1.29 is 0 Å². The van der Waals surface area contributed by atoms with Crippen LogP contribution in [0.2, 0.25) is 0 Å². The fourth-order valence-corrected chi connectivity index (χ4v) is 2.62. The first kappa shape index (κ1) is 6.05. The van der Waals surface area contributed by atoms with Crippen LogP contribution in [0.3, 0.4) is 0 Å². The van der Waals surface area contributed by atoms with Crippen LogP contribution in [0.15, 0.2) is 0 Å². The summed E-state index contributed by atoms with van der Waals surface area (Å²) in [6.45, 7) is 4.82. The summed E-state index contributed by atoms with van der Waals surface area (Å²) in [5.41, 5.74) is 0. The van der Waals surface area contributed by atoms with Crippen molar-refractivity contribution in [1.29, 1.82) is 0 Å². The molecule has 3 unspecified atom stereocenters. The van der Waals surface area contributed by atoms with E-state index in [9.17, 15) is 0 Å². The van der Waals surface area contributed by atoms with Gasteiger partial charge in [0.1, 0.15) is 0 Å². The quantitative estimate of drug-likeness (QED) is 0.502. The molecule has 1 aliphatic heterocycles. The maximum atomic E-state index is 4.32. The van der Waals surface area contributed by atoms with Crippen molar-refractivity contribution in [2.75, 3.05) is 13.1 Å². The van der Waals surface area contributed by atoms with Gasteiger partial charge >= 0.3 is 0 Å². The van der Waals surface area contributed by atoms with Crippen molar-refractivity contribution in [3.05, 3.63) is 0 Å². The fourth-order valence-electron chi connectivity index (χ4n) is 2.22. The Morgan fingerprint density at radius 1 is 1.44 bits per heavy atom. The molecule has 0 N–H and O–H groups in total. The minimum atomic E-state index is 0.979. The average molecular weight is 143 g/mol. The first-order valence-corrected chi connectivity index (χ1v) is 4.11. The molecular weight excluding hydrogens is 130 g/mol. The number of nitrogens with zero attached hydrogens (tertiary/aromatic N) is 1. The maximum absolute atomic E-state index is 4.32. The number of hydrogen-bond donors (Lipinski definition) is 1. The molecule has 1 saturated carbocycles. The third kappa shape index (κ3) is 0.802. The minimum absolute atomic E-state index is 0.979. The predicted molar refractivity (Wildman–Crippen MR) is 41.3 cm³/mol. The summed E-state index contributed by atoms with van der Waals surface area (Å²) in [6, 6.07) is 0. The lowest BCUT2D eigenvalue weighted by molar-refractivity contribution is 0.140. The number of rotatable bonds is 0. The summed E-state index contributed by atoms with van der Waals surface area (Å²) in [5, 5.41) is 0. The molecule has 1 heterocycles. The van der Waals surface area contributed by atoms with Gasteiger partial charge in [-0.15, -0.1) is 0 Å². The second-order valence-corrected chi connectivity index (χ2v) is 4.07. The van der Waals surface area contributed by atoms with E-state index in [1.807, 2.05) is 0 Å². The van der Waals surface area contributed by atoms with Crippen LogP contribution in [0.5, 0.6) is 0 Å². The van der Waals surface area contributed by atoms with Gasteiger partial charge in [-0.05, 0) is 24.2 Å². The van der Waals surface area contributed by atoms with Gasteiger partial charge in [-0.1, -0.05) is 19.7 Å². The Morgan fingerprint density at radius 2 is 2.22 bits per heavy atom. The smallest absolute Gasteiger partial charge is 0.0121 e. The van der Waals surface area contributed by atoms with Crippen molar-refractivity contribution in [2.24, 2.45) is 17.8 Å². The molecule has 0 spiro atoms. The van der Waals surface area contributed by atoms with Crippen LogP contribution < -0.4 is 0 Å². The molecule has 2 fully saturated rings. The van der Waals surface area contributed by atoms with Crippen LogP contribution in [-0.4, -0.2) is 17.4 Å². The highest BCUT2D eigenvalue weighted by atomic mass is 32.1. The summed E-state index contributed by atoms with van der Waals surface area (Å²) in [6.07, 6.45) is 1.45. The Kier molecular flexibility index (Phi) is 1.27. The van der Waals surface area contributed by atoms with Crippen LogP contribution in [0, 0.1) is 17.8 Å². The van der Waals surface area contributed by atoms with E-state index in [0.717, 1.165) is 17.8 Å². The van der Waals surface area contributed by atoms with Gasteiger partial charge in [0.05, 0.1) is 0 Å². The predicted octanol–water partition coefficient (Wildman–Crippen LogP) is 1.42. The molecular formula is C7H13NS. The van der Waals surface area contributed by atoms with Crippen LogP contribution >= 0.6 is 12.8 Å². The summed E-state index contributed by atoms with van der Waals surface area (Å²) in [7, 11) is 0. The van der Waals surface area contributed by atoms with Gasteiger partial charge in [-0.2, -0.15) is 0 Å². The lowest BCUT2D eigenvalue weighted by atomic mass is 9.68. The fraction of sp³-hybridized carbons (Fsp3) is 1.00. The molecule has 9 heavy (non-hydrogen) atoms. The zero-order valence-electron chi connectivity index (χ0n) is 5.75. The topological polar surface area (TPSA) is 3.24 Å². The van der Waals surface area contributed by atoms with Gasteiger partial charge in [-0.3, -0.25) is 4.31 Å². The lowest BCUT2D eigenvalue weighted by Gasteiger charge is -2.36. The molecule has 0 aromatic carbocycles. The molecule has 0 radical (unpaired) electrons. The Morgan fingerprint density at radius 3 is 2.67 bits per heavy atom. The Hall–Kier alpha value is 0.310. The molecule has 0 aromatic heterocycles. The Bertz CT molecular complexity index is 126. The largest absolute Gasteiger partial charge is 0.253 e. The standard InChI is InChI=1S/C7H13NS/c1-5-2-6-3-8(9)4-7(5)6/h5-7,9H,2-4H2,1H3. The van der Waals surface area contributed by atoms with Gasteiger partial charge in [0, 0.05) is 13.1 Å². The van der Waals surface area contributed by atoms with E-state index in [1.54, 1.807) is 0 Å². The third-order valence-corrected chi connectivity index (χ3v) is 3.20. The molecule has 0 amide bonds. The van der Waals surface area contributed by atoms with Gasteiger partial charge in [-0.25, -0.2) is 0 Å². The van der Waals surface area contributed by atoms with Crippen LogP contribution in [-0.2, 0) is 0 Å². The second kappa shape index (κ2) is 1.89. The van der Waals surface area contributed by atoms with Gasteiger partial charge in [0.15, 0.2) is 0 Å². The van der Waals surface area contributed by atoms with Crippen LogP contribution in [0.25, 0.3) is 0 Å². The molecule has 3 atom stereocenters. The first-order valence-electron chi connectivity index (χ1n) is 3.71. The maximum Gasteiger partial charge on any atom is 0.0121 e. The average Bonchev–Trinajstić information content (AvgIpc) is 2.08. The normalized spacial score (nSPS) is 50.7. The highest BCUT2D eigenvalue weighted by molar-refractivity contribution is 7.77. The Labute approximate surface area is 62.0 Å². The van der Waals surface area contributed by atoms with E-state index in [-0.39, 0.29) is 0 Å². The van der Waals surface area contributed by atoms with Crippen molar-refractivity contribution in [1.82, 2.24) is 4.31 Å². The molecule has 52 valence electrons. The number of thiol groups is 1. The summed E-state index contributed by atoms with van der Waals surface area (Å²) in [5.74, 6) is 2.96. The van der Waals surface area contributed by atoms with E-state index >= 15 is 0 Å². The number of fused-ring (bicyclic) bond motifs is 1. The van der Waals surface area contributed by atoms with Crippen molar-refractivity contribution in [3.8, 4) is 0 Å². The third-order valence-electron chi connectivity index (χ3n) is 2.88. The highest BCUT2D eigenvalue weighted by Gasteiger charge is 2.43. The first-order chi connectivity index (χ1) is 4.27. The molecule has 1 aliphatic carbocycles. The molecule has 0 aromatic rings. The summed E-state index contributed by atoms with van der Waals surface area (Å²) in [4.78, 5) is 0. The zero-order chi connectivity index (χ0) is 6.43. The van der Waals surface area contributed by atoms with Gasteiger partial charge < -0.3 is 0 Å². The van der Waals surface area contributed by atoms with Crippen molar-refractivity contribution in [3.63, 3.8) is 0 Å². The molecule has 1 saturated heterocycles. The van der Waals surface area contributed by atoms with Gasteiger partial charge in [0.25, 0.3) is 0 Å². The minimum Gasteiger partial charge on any atom is -0.253 e. The van der Waals surface area contributed by atoms with E-state index in [0.29, 0.717) is 0 Å². The van der Waals surface area contributed by atoms with Gasteiger partial charge in [0.2, 0.25) is 0 Å². The summed E-state index contributed by atoms with van der Waals surface area (Å²) < 4.78 is 2.17. The highest BCUT2D eigenvalue weighted by Crippen LogP contribution is 2.45. The molecule has 1 nitrogen and oxygen atoms in total. The zero-order valence-corrected chi connectivity index (χ0v) is 6.64. The van der Waals surface area contributed by atoms with Crippen molar-refractivity contribution in [2.45, 2.75) is 13.3 Å². The molecule has 2 aliphatic rings. The second-order valence-electron chi connectivity index (χ2n) is 3.51. The van der Waals surface area contributed by atoms with Crippen LogP contribution in [0.1, 0.15) is 13.3 Å². The lowest BCUT2D eigenvalue weighted by Crippen LogP contribution is -2.33. The van der Waals surface area contributed by atoms with E-state index < -0.39 is 0 Å². The molecule has 2 heteroatoms. The van der Waals surface area contributed by atoms with E-state index in [1.165, 1.54) is 19.5 Å². The van der Waals surface area contributed by atoms with Crippen LogP contribution in [0.4, 0.5) is 0 Å². The summed E-state index contributed by atoms with van der Waals surface area (Å²) >= 11 is 4.32. The molecule has 2 rings (SSSR count).